The van der Waals surface area contributed by atoms with Crippen LogP contribution in [0.1, 0.15) is 83.4 Å². The zero-order chi connectivity index (χ0) is 21.3. The molecule has 1 aromatic carbocycles. The summed E-state index contributed by atoms with van der Waals surface area (Å²) in [6.07, 6.45) is 3.14. The van der Waals surface area contributed by atoms with Crippen molar-refractivity contribution in [3.05, 3.63) is 35.4 Å². The Bertz CT molecular complexity index is 779. The number of amides is 4. The first-order valence-electron chi connectivity index (χ1n) is 10.7. The van der Waals surface area contributed by atoms with Gasteiger partial charge in [-0.1, -0.05) is 64.8 Å². The van der Waals surface area contributed by atoms with Crippen molar-refractivity contribution in [1.29, 1.82) is 0 Å². The van der Waals surface area contributed by atoms with Gasteiger partial charge in [-0.2, -0.15) is 0 Å². The van der Waals surface area contributed by atoms with Crippen molar-refractivity contribution >= 4 is 17.8 Å². The minimum Gasteiger partial charge on any atom is -0.347 e. The summed E-state index contributed by atoms with van der Waals surface area (Å²) in [5.41, 5.74) is 1.47. The van der Waals surface area contributed by atoms with E-state index in [0.717, 1.165) is 23.3 Å². The Labute approximate surface area is 173 Å². The molecular weight excluding hydrogens is 366 g/mol. The zero-order valence-electron chi connectivity index (χ0n) is 18.1. The Morgan fingerprint density at radius 2 is 1.55 bits per heavy atom. The number of urea groups is 1. The number of nitrogens with one attached hydrogen (secondary N) is 2. The third-order valence-electron chi connectivity index (χ3n) is 6.34. The third kappa shape index (κ3) is 4.02. The topological polar surface area (TPSA) is 78.5 Å². The molecule has 29 heavy (non-hydrogen) atoms. The second-order valence-electron chi connectivity index (χ2n) is 9.12. The molecule has 158 valence electrons. The van der Waals surface area contributed by atoms with E-state index in [1.807, 2.05) is 26.0 Å². The Balaban J connectivity index is 1.74. The Morgan fingerprint density at radius 1 is 1.00 bits per heavy atom. The van der Waals surface area contributed by atoms with E-state index in [0.29, 0.717) is 18.8 Å². The predicted octanol–water partition coefficient (Wildman–Crippen LogP) is 3.88. The van der Waals surface area contributed by atoms with Crippen molar-refractivity contribution in [3.8, 4) is 0 Å². The lowest BCUT2D eigenvalue weighted by Crippen LogP contribution is -2.50. The maximum absolute atomic E-state index is 13.0. The Morgan fingerprint density at radius 3 is 2.07 bits per heavy atom. The predicted molar refractivity (Wildman–Crippen MR) is 112 cm³/mol. The van der Waals surface area contributed by atoms with Crippen LogP contribution >= 0.6 is 0 Å². The maximum Gasteiger partial charge on any atom is 0.325 e. The fourth-order valence-electron chi connectivity index (χ4n) is 4.42. The smallest absolute Gasteiger partial charge is 0.325 e. The largest absolute Gasteiger partial charge is 0.347 e. The van der Waals surface area contributed by atoms with E-state index in [9.17, 15) is 14.4 Å². The second-order valence-corrected chi connectivity index (χ2v) is 9.12. The van der Waals surface area contributed by atoms with Gasteiger partial charge in [0.25, 0.3) is 5.91 Å². The molecule has 2 atom stereocenters. The quantitative estimate of drug-likeness (QED) is 0.713. The van der Waals surface area contributed by atoms with Gasteiger partial charge in [0, 0.05) is 0 Å². The summed E-state index contributed by atoms with van der Waals surface area (Å²) in [6, 6.07) is 6.78. The number of carbonyl (C=O) groups is 3. The number of nitrogens with zero attached hydrogens (tertiary/aromatic N) is 1. The first kappa shape index (κ1) is 21.3. The molecule has 6 nitrogen and oxygen atoms in total. The van der Waals surface area contributed by atoms with E-state index in [2.05, 4.69) is 36.6 Å². The summed E-state index contributed by atoms with van der Waals surface area (Å²) in [6.45, 7) is 10.0. The molecule has 0 aromatic heterocycles. The molecule has 2 aliphatic rings. The van der Waals surface area contributed by atoms with Crippen LogP contribution in [-0.4, -0.2) is 34.3 Å². The summed E-state index contributed by atoms with van der Waals surface area (Å²) in [4.78, 5) is 39.5. The maximum atomic E-state index is 13.0. The molecule has 4 amide bonds. The van der Waals surface area contributed by atoms with E-state index in [1.165, 1.54) is 5.56 Å². The van der Waals surface area contributed by atoms with Crippen LogP contribution in [0.4, 0.5) is 4.79 Å². The van der Waals surface area contributed by atoms with Crippen molar-refractivity contribution in [2.45, 2.75) is 83.8 Å². The molecule has 3 rings (SSSR count). The number of hydrogen-bond donors (Lipinski definition) is 2. The molecule has 0 radical (unpaired) electrons. The van der Waals surface area contributed by atoms with E-state index in [4.69, 9.17) is 0 Å². The minimum absolute atomic E-state index is 0.167. The van der Waals surface area contributed by atoms with Crippen molar-refractivity contribution in [2.75, 3.05) is 0 Å². The summed E-state index contributed by atoms with van der Waals surface area (Å²) in [5.74, 6) is 0.0410. The van der Waals surface area contributed by atoms with Crippen LogP contribution in [0.25, 0.3) is 0 Å². The summed E-state index contributed by atoms with van der Waals surface area (Å²) in [5, 5.41) is 5.91. The molecular formula is C23H33N3O3. The lowest BCUT2D eigenvalue weighted by Gasteiger charge is -2.28. The zero-order valence-corrected chi connectivity index (χ0v) is 18.1. The van der Waals surface area contributed by atoms with Crippen molar-refractivity contribution in [1.82, 2.24) is 15.5 Å². The van der Waals surface area contributed by atoms with Gasteiger partial charge in [-0.25, -0.2) is 9.69 Å². The Kier molecular flexibility index (Phi) is 6.01. The molecule has 6 heteroatoms. The van der Waals surface area contributed by atoms with Gasteiger partial charge in [0.05, 0.1) is 6.04 Å². The highest BCUT2D eigenvalue weighted by molar-refractivity contribution is 6.10. The number of imide groups is 1. The minimum atomic E-state index is -0.848. The molecule has 1 aromatic rings. The van der Waals surface area contributed by atoms with Gasteiger partial charge < -0.3 is 10.6 Å². The summed E-state index contributed by atoms with van der Waals surface area (Å²) in [7, 11) is 0. The molecule has 1 saturated heterocycles. The van der Waals surface area contributed by atoms with Crippen molar-refractivity contribution in [2.24, 2.45) is 5.92 Å². The summed E-state index contributed by atoms with van der Waals surface area (Å²) >= 11 is 0. The lowest BCUT2D eigenvalue weighted by atomic mass is 9.93. The van der Waals surface area contributed by atoms with Gasteiger partial charge in [0.15, 0.2) is 0 Å². The van der Waals surface area contributed by atoms with E-state index in [-0.39, 0.29) is 23.8 Å². The van der Waals surface area contributed by atoms with Crippen LogP contribution < -0.4 is 10.6 Å². The molecule has 1 heterocycles. The highest BCUT2D eigenvalue weighted by atomic mass is 16.2. The first-order chi connectivity index (χ1) is 13.7. The highest BCUT2D eigenvalue weighted by Crippen LogP contribution is 2.36. The van der Waals surface area contributed by atoms with Crippen molar-refractivity contribution in [3.63, 3.8) is 0 Å². The fourth-order valence-corrected chi connectivity index (χ4v) is 4.42. The van der Waals surface area contributed by atoms with Crippen LogP contribution in [0.3, 0.4) is 0 Å². The van der Waals surface area contributed by atoms with E-state index in [1.54, 1.807) is 6.92 Å². The average Bonchev–Trinajstić information content (AvgIpc) is 3.24. The first-order valence-corrected chi connectivity index (χ1v) is 10.7. The number of benzene rings is 1. The van der Waals surface area contributed by atoms with E-state index >= 15 is 0 Å². The molecule has 1 aliphatic carbocycles. The summed E-state index contributed by atoms with van der Waals surface area (Å²) < 4.78 is 0. The molecule has 2 N–H and O–H groups in total. The monoisotopic (exact) mass is 399 g/mol. The molecule has 2 fully saturated rings. The van der Waals surface area contributed by atoms with Gasteiger partial charge in [-0.3, -0.25) is 9.59 Å². The number of hydrogen-bond acceptors (Lipinski definition) is 3. The van der Waals surface area contributed by atoms with Crippen LogP contribution in [0.2, 0.25) is 0 Å². The van der Waals surface area contributed by atoms with Gasteiger partial charge in [0.2, 0.25) is 5.91 Å². The number of rotatable bonds is 6. The molecule has 1 saturated carbocycles. The molecule has 0 bridgehead atoms. The third-order valence-corrected chi connectivity index (χ3v) is 6.34. The van der Waals surface area contributed by atoms with Gasteiger partial charge in [-0.15, -0.1) is 0 Å². The van der Waals surface area contributed by atoms with Gasteiger partial charge >= 0.3 is 6.03 Å². The standard InChI is InChI=1S/C23H33N3O3/c1-14(2)17-8-10-18(11-9-17)19(15(3)4)24-20(27)16(5)26-21(28)23(25-22(26)29)12-6-7-13-23/h8-11,14-16,19H,6-7,12-13H2,1-5H3,(H,24,27)(H,25,29). The lowest BCUT2D eigenvalue weighted by molar-refractivity contribution is -0.138. The van der Waals surface area contributed by atoms with Crippen LogP contribution in [-0.2, 0) is 9.59 Å². The normalized spacial score (nSPS) is 20.4. The molecule has 1 spiro atoms. The number of carbonyl (C=O) groups excluding carboxylic acids is 3. The SMILES string of the molecule is CC(C)c1ccc(C(NC(=O)C(C)N2C(=O)NC3(CCCC3)C2=O)C(C)C)cc1. The average molecular weight is 400 g/mol. The van der Waals surface area contributed by atoms with E-state index < -0.39 is 17.6 Å². The fraction of sp³-hybridized carbons (Fsp3) is 0.609. The highest BCUT2D eigenvalue weighted by Gasteiger charge is 2.54. The van der Waals surface area contributed by atoms with Crippen molar-refractivity contribution < 1.29 is 14.4 Å². The van der Waals surface area contributed by atoms with Gasteiger partial charge in [0.1, 0.15) is 11.6 Å². The van der Waals surface area contributed by atoms with Gasteiger partial charge in [-0.05, 0) is 42.7 Å². The second kappa shape index (κ2) is 8.17. The molecule has 1 aliphatic heterocycles. The Hall–Kier alpha value is -2.37. The van der Waals surface area contributed by atoms with Crippen LogP contribution in [0.15, 0.2) is 24.3 Å². The van der Waals surface area contributed by atoms with Crippen LogP contribution in [0, 0.1) is 5.92 Å². The van der Waals surface area contributed by atoms with Crippen LogP contribution in [0.5, 0.6) is 0 Å². The molecule has 2 unspecified atom stereocenters.